The molecule has 0 bridgehead atoms. The highest BCUT2D eigenvalue weighted by Crippen LogP contribution is 2.28. The maximum absolute atomic E-state index is 12.1. The van der Waals surface area contributed by atoms with Crippen molar-refractivity contribution in [3.63, 3.8) is 0 Å². The zero-order valence-electron chi connectivity index (χ0n) is 12.1. The van der Waals surface area contributed by atoms with Crippen molar-refractivity contribution in [2.45, 2.75) is 26.8 Å². The van der Waals surface area contributed by atoms with Crippen molar-refractivity contribution in [1.82, 2.24) is 0 Å². The van der Waals surface area contributed by atoms with E-state index in [4.69, 9.17) is 17.3 Å². The van der Waals surface area contributed by atoms with Gasteiger partial charge in [-0.05, 0) is 23.6 Å². The minimum absolute atomic E-state index is 0.210. The molecule has 1 amide bonds. The number of rotatable bonds is 3. The van der Waals surface area contributed by atoms with Gasteiger partial charge in [0, 0.05) is 19.1 Å². The number of hydrogen-bond donors (Lipinski definition) is 2. The number of hydrogen-bond acceptors (Lipinski definition) is 3. The zero-order chi connectivity index (χ0) is 14.8. The highest BCUT2D eigenvalue weighted by Gasteiger charge is 2.28. The lowest BCUT2D eigenvalue weighted by Crippen LogP contribution is -2.45. The Morgan fingerprint density at radius 1 is 1.37 bits per heavy atom. The molecule has 106 valence electrons. The van der Waals surface area contributed by atoms with Crippen molar-refractivity contribution in [2.24, 2.45) is 11.1 Å². The summed E-state index contributed by atoms with van der Waals surface area (Å²) in [5.41, 5.74) is 7.21. The van der Waals surface area contributed by atoms with Crippen LogP contribution < -0.4 is 16.0 Å². The predicted molar refractivity (Wildman–Crippen MR) is 81.8 cm³/mol. The second kappa shape index (κ2) is 5.80. The molecule has 1 aromatic rings. The molecule has 0 spiro atoms. The van der Waals surface area contributed by atoms with E-state index in [1.807, 2.05) is 45.8 Å². The molecule has 0 saturated heterocycles. The van der Waals surface area contributed by atoms with Gasteiger partial charge in [0.2, 0.25) is 5.91 Å². The molecule has 0 aromatic heterocycles. The van der Waals surface area contributed by atoms with Crippen molar-refractivity contribution >= 4 is 28.9 Å². The lowest BCUT2D eigenvalue weighted by Gasteiger charge is -2.27. The van der Waals surface area contributed by atoms with Crippen LogP contribution in [0.2, 0.25) is 5.02 Å². The SMILES string of the molecule is CN(C)c1ccc(Cl)cc1NC(=O)[C@H](N)C(C)(C)C. The Hall–Kier alpha value is -1.26. The molecule has 5 heteroatoms. The topological polar surface area (TPSA) is 58.4 Å². The Morgan fingerprint density at radius 2 is 1.95 bits per heavy atom. The largest absolute Gasteiger partial charge is 0.376 e. The number of carbonyl (C=O) groups is 1. The Bertz CT molecular complexity index is 466. The predicted octanol–water partition coefficient (Wildman–Crippen LogP) is 2.72. The van der Waals surface area contributed by atoms with Crippen molar-refractivity contribution < 1.29 is 4.79 Å². The molecule has 0 fully saturated rings. The molecule has 1 rings (SSSR count). The molecule has 0 radical (unpaired) electrons. The fraction of sp³-hybridized carbons (Fsp3) is 0.500. The maximum Gasteiger partial charge on any atom is 0.241 e. The monoisotopic (exact) mass is 283 g/mol. The van der Waals surface area contributed by atoms with Gasteiger partial charge < -0.3 is 16.0 Å². The number of halogens is 1. The van der Waals surface area contributed by atoms with Crippen LogP contribution in [0.25, 0.3) is 0 Å². The number of amides is 1. The van der Waals surface area contributed by atoms with E-state index >= 15 is 0 Å². The number of nitrogens with two attached hydrogens (primary N) is 1. The molecule has 0 unspecified atom stereocenters. The second-order valence-corrected chi connectivity index (χ2v) is 6.33. The molecule has 4 nitrogen and oxygen atoms in total. The molecule has 0 aliphatic heterocycles. The van der Waals surface area contributed by atoms with Crippen molar-refractivity contribution in [3.05, 3.63) is 23.2 Å². The summed E-state index contributed by atoms with van der Waals surface area (Å²) in [4.78, 5) is 14.1. The first-order valence-corrected chi connectivity index (χ1v) is 6.54. The Labute approximate surface area is 119 Å². The van der Waals surface area contributed by atoms with Crippen LogP contribution in [-0.2, 0) is 4.79 Å². The van der Waals surface area contributed by atoms with Gasteiger partial charge in [-0.2, -0.15) is 0 Å². The van der Waals surface area contributed by atoms with Gasteiger partial charge >= 0.3 is 0 Å². The summed E-state index contributed by atoms with van der Waals surface area (Å²) in [6, 6.07) is 4.79. The van der Waals surface area contributed by atoms with E-state index in [1.54, 1.807) is 12.1 Å². The Kier molecular flexibility index (Phi) is 4.82. The standard InChI is InChI=1S/C14H22ClN3O/c1-14(2,3)12(16)13(19)17-10-8-9(15)6-7-11(10)18(4)5/h6-8,12H,16H2,1-5H3,(H,17,19)/t12-/m0/s1. The molecule has 1 aromatic carbocycles. The molecule has 1 atom stereocenters. The van der Waals surface area contributed by atoms with Crippen molar-refractivity contribution in [1.29, 1.82) is 0 Å². The van der Waals surface area contributed by atoms with Crippen LogP contribution in [0, 0.1) is 5.41 Å². The van der Waals surface area contributed by atoms with E-state index in [2.05, 4.69) is 5.32 Å². The van der Waals surface area contributed by atoms with Gasteiger partial charge in [0.25, 0.3) is 0 Å². The summed E-state index contributed by atoms with van der Waals surface area (Å²) in [7, 11) is 3.81. The van der Waals surface area contributed by atoms with Crippen LogP contribution in [0.4, 0.5) is 11.4 Å². The highest BCUT2D eigenvalue weighted by molar-refractivity contribution is 6.31. The van der Waals surface area contributed by atoms with E-state index < -0.39 is 6.04 Å². The van der Waals surface area contributed by atoms with Crippen molar-refractivity contribution in [2.75, 3.05) is 24.3 Å². The van der Waals surface area contributed by atoms with Crippen LogP contribution in [0.5, 0.6) is 0 Å². The maximum atomic E-state index is 12.1. The lowest BCUT2D eigenvalue weighted by atomic mass is 9.87. The number of carbonyl (C=O) groups excluding carboxylic acids is 1. The first-order valence-electron chi connectivity index (χ1n) is 6.16. The molecular formula is C14H22ClN3O. The summed E-state index contributed by atoms with van der Waals surface area (Å²) in [6.45, 7) is 5.80. The molecular weight excluding hydrogens is 262 g/mol. The fourth-order valence-electron chi connectivity index (χ4n) is 1.60. The third kappa shape index (κ3) is 4.11. The Balaban J connectivity index is 2.99. The normalized spacial score (nSPS) is 13.0. The third-order valence-corrected chi connectivity index (χ3v) is 3.15. The van der Waals surface area contributed by atoms with Crippen LogP contribution >= 0.6 is 11.6 Å². The first kappa shape index (κ1) is 15.8. The molecule has 3 N–H and O–H groups in total. The molecule has 19 heavy (non-hydrogen) atoms. The third-order valence-electron chi connectivity index (χ3n) is 2.91. The van der Waals surface area contributed by atoms with E-state index in [1.165, 1.54) is 0 Å². The summed E-state index contributed by atoms with van der Waals surface area (Å²) in [5, 5.41) is 3.42. The van der Waals surface area contributed by atoms with Gasteiger partial charge in [-0.1, -0.05) is 32.4 Å². The van der Waals surface area contributed by atoms with Gasteiger partial charge in [0.05, 0.1) is 17.4 Å². The zero-order valence-corrected chi connectivity index (χ0v) is 12.9. The quantitative estimate of drug-likeness (QED) is 0.897. The lowest BCUT2D eigenvalue weighted by molar-refractivity contribution is -0.119. The highest BCUT2D eigenvalue weighted by atomic mass is 35.5. The summed E-state index contributed by atoms with van der Waals surface area (Å²) < 4.78 is 0. The van der Waals surface area contributed by atoms with E-state index in [9.17, 15) is 4.79 Å². The number of anilines is 2. The van der Waals surface area contributed by atoms with Crippen LogP contribution in [0.15, 0.2) is 18.2 Å². The van der Waals surface area contributed by atoms with Crippen molar-refractivity contribution in [3.8, 4) is 0 Å². The van der Waals surface area contributed by atoms with Crippen LogP contribution in [0.1, 0.15) is 20.8 Å². The molecule has 0 saturated carbocycles. The van der Waals surface area contributed by atoms with Gasteiger partial charge in [-0.3, -0.25) is 4.79 Å². The number of nitrogens with zero attached hydrogens (tertiary/aromatic N) is 1. The van der Waals surface area contributed by atoms with Gasteiger partial charge in [-0.15, -0.1) is 0 Å². The fourth-order valence-corrected chi connectivity index (χ4v) is 1.77. The minimum Gasteiger partial charge on any atom is -0.376 e. The first-order chi connectivity index (χ1) is 8.62. The smallest absolute Gasteiger partial charge is 0.241 e. The van der Waals surface area contributed by atoms with E-state index in [-0.39, 0.29) is 11.3 Å². The second-order valence-electron chi connectivity index (χ2n) is 5.89. The number of benzene rings is 1. The van der Waals surface area contributed by atoms with Gasteiger partial charge in [0.1, 0.15) is 0 Å². The van der Waals surface area contributed by atoms with Crippen LogP contribution in [-0.4, -0.2) is 26.0 Å². The number of nitrogens with one attached hydrogen (secondary N) is 1. The molecule has 0 aliphatic rings. The van der Waals surface area contributed by atoms with Gasteiger partial charge in [0.15, 0.2) is 0 Å². The summed E-state index contributed by atoms with van der Waals surface area (Å²) >= 11 is 5.97. The summed E-state index contributed by atoms with van der Waals surface area (Å²) in [6.07, 6.45) is 0. The van der Waals surface area contributed by atoms with E-state index in [0.717, 1.165) is 5.69 Å². The average Bonchev–Trinajstić information content (AvgIpc) is 2.26. The molecule has 0 aliphatic carbocycles. The summed E-state index contributed by atoms with van der Waals surface area (Å²) in [5.74, 6) is -0.210. The van der Waals surface area contributed by atoms with E-state index in [0.29, 0.717) is 10.7 Å². The minimum atomic E-state index is -0.582. The van der Waals surface area contributed by atoms with Crippen LogP contribution in [0.3, 0.4) is 0 Å². The average molecular weight is 284 g/mol. The molecule has 0 heterocycles. The Morgan fingerprint density at radius 3 is 2.42 bits per heavy atom. The van der Waals surface area contributed by atoms with Gasteiger partial charge in [-0.25, -0.2) is 0 Å².